The first-order valence-corrected chi connectivity index (χ1v) is 4.25. The van der Waals surface area contributed by atoms with E-state index in [1.165, 1.54) is 11.5 Å². The summed E-state index contributed by atoms with van der Waals surface area (Å²) in [7, 11) is 0. The van der Waals surface area contributed by atoms with Crippen LogP contribution in [0.3, 0.4) is 0 Å². The molecule has 4 nitrogen and oxygen atoms in total. The van der Waals surface area contributed by atoms with Crippen LogP contribution in [0, 0.1) is 5.41 Å². The number of hydrogen-bond donors (Lipinski definition) is 1. The van der Waals surface area contributed by atoms with Crippen LogP contribution in [0.4, 0.5) is 0 Å². The highest BCUT2D eigenvalue weighted by Crippen LogP contribution is 2.19. The predicted octanol–water partition coefficient (Wildman–Crippen LogP) is 0.460. The summed E-state index contributed by atoms with van der Waals surface area (Å²) in [5.74, 6) is 0. The van der Waals surface area contributed by atoms with Gasteiger partial charge >= 0.3 is 0 Å². The van der Waals surface area contributed by atoms with Gasteiger partial charge in [-0.25, -0.2) is 0 Å². The molecule has 0 spiro atoms. The lowest BCUT2D eigenvalue weighted by molar-refractivity contribution is 0.375. The quantitative estimate of drug-likeness (QED) is 0.719. The van der Waals surface area contributed by atoms with Crippen molar-refractivity contribution < 1.29 is 0 Å². The molecule has 0 aromatic carbocycles. The molecular formula is C6H12N4S. The van der Waals surface area contributed by atoms with E-state index >= 15 is 0 Å². The minimum Gasteiger partial charge on any atom is -0.330 e. The van der Waals surface area contributed by atoms with E-state index in [2.05, 4.69) is 28.6 Å². The SMILES string of the molecule is CC(C)(CN)Cc1nnns1. The molecule has 0 radical (unpaired) electrons. The molecule has 0 unspecified atom stereocenters. The fourth-order valence-corrected chi connectivity index (χ4v) is 1.40. The fourth-order valence-electron chi connectivity index (χ4n) is 0.701. The van der Waals surface area contributed by atoms with Gasteiger partial charge in [0.05, 0.1) is 0 Å². The van der Waals surface area contributed by atoms with Crippen LogP contribution in [0.2, 0.25) is 0 Å². The summed E-state index contributed by atoms with van der Waals surface area (Å²) in [5.41, 5.74) is 5.67. The van der Waals surface area contributed by atoms with Crippen LogP contribution in [-0.4, -0.2) is 21.3 Å². The van der Waals surface area contributed by atoms with Crippen molar-refractivity contribution in [3.8, 4) is 0 Å². The lowest BCUT2D eigenvalue weighted by Crippen LogP contribution is -2.25. The van der Waals surface area contributed by atoms with Crippen molar-refractivity contribution >= 4 is 11.5 Å². The van der Waals surface area contributed by atoms with E-state index in [1.54, 1.807) is 0 Å². The molecule has 5 heteroatoms. The summed E-state index contributed by atoms with van der Waals surface area (Å²) in [6.07, 6.45) is 0.862. The summed E-state index contributed by atoms with van der Waals surface area (Å²) < 4.78 is 3.68. The van der Waals surface area contributed by atoms with Gasteiger partial charge in [0, 0.05) is 18.0 Å². The molecule has 0 aliphatic heterocycles. The second kappa shape index (κ2) is 3.23. The molecule has 1 aromatic rings. The van der Waals surface area contributed by atoms with Crippen LogP contribution in [-0.2, 0) is 6.42 Å². The molecule has 0 fully saturated rings. The van der Waals surface area contributed by atoms with Gasteiger partial charge < -0.3 is 5.73 Å². The topological polar surface area (TPSA) is 64.7 Å². The second-order valence-electron chi connectivity index (χ2n) is 3.30. The largest absolute Gasteiger partial charge is 0.330 e. The molecular weight excluding hydrogens is 160 g/mol. The van der Waals surface area contributed by atoms with E-state index in [0.717, 1.165) is 11.4 Å². The van der Waals surface area contributed by atoms with Gasteiger partial charge in [-0.05, 0) is 17.2 Å². The first-order valence-electron chi connectivity index (χ1n) is 3.48. The van der Waals surface area contributed by atoms with Crippen molar-refractivity contribution in [1.82, 2.24) is 14.8 Å². The summed E-state index contributed by atoms with van der Waals surface area (Å²) in [6, 6.07) is 0. The second-order valence-corrected chi connectivity index (χ2v) is 4.12. The minimum atomic E-state index is 0.112. The van der Waals surface area contributed by atoms with Crippen molar-refractivity contribution in [2.24, 2.45) is 11.1 Å². The highest BCUT2D eigenvalue weighted by molar-refractivity contribution is 7.05. The number of hydrogen-bond acceptors (Lipinski definition) is 5. The Labute approximate surface area is 70.0 Å². The van der Waals surface area contributed by atoms with Crippen LogP contribution in [0.5, 0.6) is 0 Å². The Morgan fingerprint density at radius 2 is 2.27 bits per heavy atom. The first kappa shape index (κ1) is 8.55. The maximum absolute atomic E-state index is 5.56. The van der Waals surface area contributed by atoms with Gasteiger partial charge in [-0.15, -0.1) is 5.10 Å². The molecule has 0 atom stereocenters. The van der Waals surface area contributed by atoms with Crippen LogP contribution in [0.25, 0.3) is 0 Å². The third kappa shape index (κ3) is 2.51. The van der Waals surface area contributed by atoms with Gasteiger partial charge in [-0.1, -0.05) is 18.3 Å². The van der Waals surface area contributed by atoms with Crippen molar-refractivity contribution in [3.63, 3.8) is 0 Å². The fraction of sp³-hybridized carbons (Fsp3) is 0.833. The van der Waals surface area contributed by atoms with Crippen LogP contribution in [0.15, 0.2) is 0 Å². The Bertz CT molecular complexity index is 206. The monoisotopic (exact) mass is 172 g/mol. The number of nitrogens with zero attached hydrogens (tertiary/aromatic N) is 3. The van der Waals surface area contributed by atoms with Crippen LogP contribution in [0.1, 0.15) is 18.9 Å². The number of rotatable bonds is 3. The van der Waals surface area contributed by atoms with E-state index in [4.69, 9.17) is 5.73 Å². The Morgan fingerprint density at radius 3 is 2.73 bits per heavy atom. The van der Waals surface area contributed by atoms with Gasteiger partial charge in [0.2, 0.25) is 0 Å². The summed E-state index contributed by atoms with van der Waals surface area (Å²) in [6.45, 7) is 4.87. The molecule has 11 heavy (non-hydrogen) atoms. The molecule has 0 amide bonds. The van der Waals surface area contributed by atoms with E-state index in [-0.39, 0.29) is 5.41 Å². The molecule has 0 bridgehead atoms. The third-order valence-electron chi connectivity index (χ3n) is 1.52. The summed E-state index contributed by atoms with van der Waals surface area (Å²) >= 11 is 1.34. The first-order chi connectivity index (χ1) is 5.14. The Morgan fingerprint density at radius 1 is 1.55 bits per heavy atom. The molecule has 1 rings (SSSR count). The highest BCUT2D eigenvalue weighted by Gasteiger charge is 2.18. The maximum Gasteiger partial charge on any atom is 0.138 e. The number of aromatic nitrogens is 3. The Kier molecular flexibility index (Phi) is 2.51. The highest BCUT2D eigenvalue weighted by atomic mass is 32.1. The van der Waals surface area contributed by atoms with Gasteiger partial charge in [-0.2, -0.15) is 0 Å². The van der Waals surface area contributed by atoms with Crippen LogP contribution >= 0.6 is 11.5 Å². The Balaban J connectivity index is 2.56. The third-order valence-corrected chi connectivity index (χ3v) is 2.11. The lowest BCUT2D eigenvalue weighted by Gasteiger charge is -2.19. The van der Waals surface area contributed by atoms with Gasteiger partial charge in [0.15, 0.2) is 0 Å². The molecule has 2 N–H and O–H groups in total. The van der Waals surface area contributed by atoms with Crippen LogP contribution < -0.4 is 5.73 Å². The van der Waals surface area contributed by atoms with Crippen molar-refractivity contribution in [2.45, 2.75) is 20.3 Å². The minimum absolute atomic E-state index is 0.112. The Hall–Kier alpha value is -0.550. The van der Waals surface area contributed by atoms with E-state index in [1.807, 2.05) is 0 Å². The molecule has 62 valence electrons. The molecule has 0 aliphatic rings. The van der Waals surface area contributed by atoms with Gasteiger partial charge in [0.25, 0.3) is 0 Å². The zero-order valence-corrected chi connectivity index (χ0v) is 7.56. The summed E-state index contributed by atoms with van der Waals surface area (Å²) in [5, 5.41) is 8.33. The van der Waals surface area contributed by atoms with E-state index in [0.29, 0.717) is 6.54 Å². The maximum atomic E-state index is 5.56. The van der Waals surface area contributed by atoms with Crippen molar-refractivity contribution in [3.05, 3.63) is 5.01 Å². The predicted molar refractivity (Wildman–Crippen MR) is 44.2 cm³/mol. The van der Waals surface area contributed by atoms with E-state index in [9.17, 15) is 0 Å². The standard InChI is InChI=1S/C6H12N4S/c1-6(2,4-7)3-5-8-9-10-11-5/h3-4,7H2,1-2H3. The van der Waals surface area contributed by atoms with Gasteiger partial charge in [0.1, 0.15) is 5.01 Å². The number of nitrogens with two attached hydrogens (primary N) is 1. The normalized spacial score (nSPS) is 11.9. The molecule has 1 aromatic heterocycles. The summed E-state index contributed by atoms with van der Waals surface area (Å²) in [4.78, 5) is 0. The molecule has 0 saturated carbocycles. The van der Waals surface area contributed by atoms with Gasteiger partial charge in [-0.3, -0.25) is 0 Å². The van der Waals surface area contributed by atoms with E-state index < -0.39 is 0 Å². The lowest BCUT2D eigenvalue weighted by atomic mass is 9.90. The zero-order valence-electron chi connectivity index (χ0n) is 6.74. The molecule has 0 saturated heterocycles. The average molecular weight is 172 g/mol. The molecule has 0 aliphatic carbocycles. The zero-order chi connectivity index (χ0) is 8.32. The average Bonchev–Trinajstić information content (AvgIpc) is 2.39. The van der Waals surface area contributed by atoms with Crippen molar-refractivity contribution in [2.75, 3.05) is 6.54 Å². The smallest absolute Gasteiger partial charge is 0.138 e. The molecule has 1 heterocycles. The van der Waals surface area contributed by atoms with Crippen molar-refractivity contribution in [1.29, 1.82) is 0 Å².